The number of hydrogen-bond donors (Lipinski definition) is 0. The normalized spacial score (nSPS) is 19.9. The van der Waals surface area contributed by atoms with E-state index in [0.717, 1.165) is 5.02 Å². The van der Waals surface area contributed by atoms with Crippen LogP contribution in [0.5, 0.6) is 0 Å². The van der Waals surface area contributed by atoms with E-state index in [4.69, 9.17) is 11.6 Å². The molecule has 1 aromatic carbocycles. The first-order valence-corrected chi connectivity index (χ1v) is 5.64. The van der Waals surface area contributed by atoms with Crippen molar-refractivity contribution in [2.45, 2.75) is 25.8 Å². The zero-order valence-corrected chi connectivity index (χ0v) is 9.30. The fourth-order valence-electron chi connectivity index (χ4n) is 2.11. The molecular weight excluding hydrogens is 194 g/mol. The first kappa shape index (κ1) is 10.0. The number of hydrogen-bond acceptors (Lipinski definition) is 1. The number of halogens is 1. The summed E-state index contributed by atoms with van der Waals surface area (Å²) in [5, 5.41) is 0.841. The Labute approximate surface area is 90.7 Å². The van der Waals surface area contributed by atoms with E-state index in [-0.39, 0.29) is 0 Å². The predicted octanol–water partition coefficient (Wildman–Crippen LogP) is 3.50. The molecule has 1 saturated heterocycles. The zero-order chi connectivity index (χ0) is 9.97. The van der Waals surface area contributed by atoms with Gasteiger partial charge in [-0.15, -0.1) is 0 Å². The molecule has 76 valence electrons. The van der Waals surface area contributed by atoms with Crippen molar-refractivity contribution in [3.8, 4) is 0 Å². The van der Waals surface area contributed by atoms with E-state index in [0.29, 0.717) is 6.04 Å². The van der Waals surface area contributed by atoms with Crippen molar-refractivity contribution in [2.24, 2.45) is 0 Å². The predicted molar refractivity (Wildman–Crippen MR) is 60.7 cm³/mol. The van der Waals surface area contributed by atoms with Gasteiger partial charge >= 0.3 is 0 Å². The lowest BCUT2D eigenvalue weighted by atomic mass is 10.1. The Morgan fingerprint density at radius 1 is 1.29 bits per heavy atom. The number of rotatable bonds is 2. The molecule has 14 heavy (non-hydrogen) atoms. The monoisotopic (exact) mass is 209 g/mol. The molecule has 0 saturated carbocycles. The minimum absolute atomic E-state index is 0.510. The number of nitrogens with zero attached hydrogens (tertiary/aromatic N) is 1. The van der Waals surface area contributed by atoms with Gasteiger partial charge < -0.3 is 0 Å². The minimum Gasteiger partial charge on any atom is -0.297 e. The third kappa shape index (κ3) is 2.10. The van der Waals surface area contributed by atoms with E-state index in [2.05, 4.69) is 24.0 Å². The highest BCUT2D eigenvalue weighted by atomic mass is 35.5. The van der Waals surface area contributed by atoms with Crippen LogP contribution >= 0.6 is 11.6 Å². The summed E-state index contributed by atoms with van der Waals surface area (Å²) in [5.74, 6) is 0. The number of likely N-dealkylation sites (tertiary alicyclic amines) is 1. The molecular formula is C12H16ClN. The molecule has 1 aliphatic heterocycles. The molecule has 0 aliphatic carbocycles. The lowest BCUT2D eigenvalue weighted by molar-refractivity contribution is 0.263. The molecule has 1 aromatic rings. The molecule has 0 N–H and O–H groups in total. The topological polar surface area (TPSA) is 3.24 Å². The maximum absolute atomic E-state index is 5.98. The summed E-state index contributed by atoms with van der Waals surface area (Å²) in [7, 11) is 0. The second kappa shape index (κ2) is 4.33. The quantitative estimate of drug-likeness (QED) is 0.721. The SMILES string of the molecule is CC(c1cccc(Cl)c1)N1CCCC1. The van der Waals surface area contributed by atoms with E-state index in [1.54, 1.807) is 0 Å². The van der Waals surface area contributed by atoms with Crippen LogP contribution in [0.2, 0.25) is 5.02 Å². The van der Waals surface area contributed by atoms with E-state index < -0.39 is 0 Å². The first-order chi connectivity index (χ1) is 6.77. The molecule has 1 nitrogen and oxygen atoms in total. The average Bonchev–Trinajstić information content (AvgIpc) is 2.69. The van der Waals surface area contributed by atoms with E-state index in [9.17, 15) is 0 Å². The maximum atomic E-state index is 5.98. The molecule has 1 aliphatic rings. The molecule has 0 amide bonds. The summed E-state index contributed by atoms with van der Waals surface area (Å²) in [6.07, 6.45) is 2.68. The average molecular weight is 210 g/mol. The Kier molecular flexibility index (Phi) is 3.09. The molecule has 2 heteroatoms. The van der Waals surface area contributed by atoms with Crippen LogP contribution in [0, 0.1) is 0 Å². The molecule has 1 unspecified atom stereocenters. The highest BCUT2D eigenvalue weighted by Gasteiger charge is 2.19. The summed E-state index contributed by atoms with van der Waals surface area (Å²) in [6.45, 7) is 4.72. The third-order valence-electron chi connectivity index (χ3n) is 3.02. The molecule has 1 atom stereocenters. The van der Waals surface area contributed by atoms with E-state index >= 15 is 0 Å². The van der Waals surface area contributed by atoms with Crippen LogP contribution in [-0.4, -0.2) is 18.0 Å². The zero-order valence-electron chi connectivity index (χ0n) is 8.54. The highest BCUT2D eigenvalue weighted by Crippen LogP contribution is 2.25. The van der Waals surface area contributed by atoms with Crippen LogP contribution in [0.25, 0.3) is 0 Å². The fraction of sp³-hybridized carbons (Fsp3) is 0.500. The lowest BCUT2D eigenvalue weighted by Gasteiger charge is -2.24. The number of benzene rings is 1. The van der Waals surface area contributed by atoms with E-state index in [1.807, 2.05) is 12.1 Å². The second-order valence-electron chi connectivity index (χ2n) is 3.97. The lowest BCUT2D eigenvalue weighted by Crippen LogP contribution is -2.23. The Morgan fingerprint density at radius 3 is 2.64 bits per heavy atom. The van der Waals surface area contributed by atoms with Crippen molar-refractivity contribution >= 4 is 11.6 Å². The van der Waals surface area contributed by atoms with Crippen LogP contribution in [0.15, 0.2) is 24.3 Å². The van der Waals surface area contributed by atoms with Crippen LogP contribution in [0.3, 0.4) is 0 Å². The summed E-state index contributed by atoms with van der Waals surface area (Å²) in [4.78, 5) is 2.52. The third-order valence-corrected chi connectivity index (χ3v) is 3.25. The van der Waals surface area contributed by atoms with Gasteiger partial charge in [0.25, 0.3) is 0 Å². The molecule has 0 bridgehead atoms. The summed E-state index contributed by atoms with van der Waals surface area (Å²) in [6, 6.07) is 8.71. The van der Waals surface area contributed by atoms with Gasteiger partial charge in [-0.1, -0.05) is 23.7 Å². The van der Waals surface area contributed by atoms with Crippen molar-refractivity contribution in [1.82, 2.24) is 4.90 Å². The largest absolute Gasteiger partial charge is 0.297 e. The van der Waals surface area contributed by atoms with Gasteiger partial charge in [0.15, 0.2) is 0 Å². The minimum atomic E-state index is 0.510. The Balaban J connectivity index is 2.13. The molecule has 0 aromatic heterocycles. The van der Waals surface area contributed by atoms with Crippen molar-refractivity contribution < 1.29 is 0 Å². The van der Waals surface area contributed by atoms with Crippen LogP contribution < -0.4 is 0 Å². The van der Waals surface area contributed by atoms with Gasteiger partial charge in [-0.05, 0) is 50.6 Å². The second-order valence-corrected chi connectivity index (χ2v) is 4.41. The Bertz CT molecular complexity index is 305. The summed E-state index contributed by atoms with van der Waals surface area (Å²) < 4.78 is 0. The van der Waals surface area contributed by atoms with Gasteiger partial charge in [-0.3, -0.25) is 4.90 Å². The standard InChI is InChI=1S/C12H16ClN/c1-10(14-7-2-3-8-14)11-5-4-6-12(13)9-11/h4-6,9-10H,2-3,7-8H2,1H3. The maximum Gasteiger partial charge on any atom is 0.0409 e. The first-order valence-electron chi connectivity index (χ1n) is 5.27. The van der Waals surface area contributed by atoms with Gasteiger partial charge in [0.1, 0.15) is 0 Å². The summed E-state index contributed by atoms with van der Waals surface area (Å²) >= 11 is 5.98. The smallest absolute Gasteiger partial charge is 0.0409 e. The van der Waals surface area contributed by atoms with Crippen molar-refractivity contribution in [1.29, 1.82) is 0 Å². The Morgan fingerprint density at radius 2 is 2.00 bits per heavy atom. The van der Waals surface area contributed by atoms with Crippen LogP contribution in [0.1, 0.15) is 31.4 Å². The van der Waals surface area contributed by atoms with Crippen LogP contribution in [0.4, 0.5) is 0 Å². The van der Waals surface area contributed by atoms with Gasteiger partial charge in [0, 0.05) is 11.1 Å². The fourth-order valence-corrected chi connectivity index (χ4v) is 2.30. The Hall–Kier alpha value is -0.530. The molecule has 1 fully saturated rings. The molecule has 0 radical (unpaired) electrons. The van der Waals surface area contributed by atoms with E-state index in [1.165, 1.54) is 31.5 Å². The molecule has 1 heterocycles. The molecule has 2 rings (SSSR count). The van der Waals surface area contributed by atoms with Gasteiger partial charge in [-0.2, -0.15) is 0 Å². The van der Waals surface area contributed by atoms with Crippen LogP contribution in [-0.2, 0) is 0 Å². The summed E-state index contributed by atoms with van der Waals surface area (Å²) in [5.41, 5.74) is 1.33. The van der Waals surface area contributed by atoms with Gasteiger partial charge in [0.05, 0.1) is 0 Å². The van der Waals surface area contributed by atoms with Crippen molar-refractivity contribution in [3.05, 3.63) is 34.9 Å². The van der Waals surface area contributed by atoms with Crippen molar-refractivity contribution in [3.63, 3.8) is 0 Å². The van der Waals surface area contributed by atoms with Gasteiger partial charge in [0.2, 0.25) is 0 Å². The highest BCUT2D eigenvalue weighted by molar-refractivity contribution is 6.30. The molecule has 0 spiro atoms. The van der Waals surface area contributed by atoms with Gasteiger partial charge in [-0.25, -0.2) is 0 Å². The van der Waals surface area contributed by atoms with Crippen molar-refractivity contribution in [2.75, 3.05) is 13.1 Å².